The van der Waals surface area contributed by atoms with Gasteiger partial charge >= 0.3 is 6.18 Å². The van der Waals surface area contributed by atoms with E-state index in [4.69, 9.17) is 0 Å². The van der Waals surface area contributed by atoms with E-state index in [0.717, 1.165) is 28.9 Å². The standard InChI is InChI=1S/C18H14F3NO/c1-22-15-5-3-2-4-13(15)17(16(22)23)10-14(17)11-6-8-12(9-7-11)18(19,20)21/h2-9,14H,10H2,1H3/t14-,17+/m1/s1. The Morgan fingerprint density at radius 1 is 1.09 bits per heavy atom. The van der Waals surface area contributed by atoms with Crippen LogP contribution in [0.2, 0.25) is 0 Å². The van der Waals surface area contributed by atoms with Crippen LogP contribution in [0, 0.1) is 0 Å². The normalized spacial score (nSPS) is 25.8. The molecule has 1 aliphatic heterocycles. The minimum Gasteiger partial charge on any atom is -0.314 e. The van der Waals surface area contributed by atoms with E-state index in [2.05, 4.69) is 0 Å². The van der Waals surface area contributed by atoms with Gasteiger partial charge in [-0.25, -0.2) is 0 Å². The van der Waals surface area contributed by atoms with Gasteiger partial charge in [0.15, 0.2) is 0 Å². The Labute approximate surface area is 131 Å². The van der Waals surface area contributed by atoms with Crippen molar-refractivity contribution < 1.29 is 18.0 Å². The van der Waals surface area contributed by atoms with Crippen molar-refractivity contribution in [3.05, 3.63) is 65.2 Å². The van der Waals surface area contributed by atoms with Crippen molar-refractivity contribution in [2.75, 3.05) is 11.9 Å². The van der Waals surface area contributed by atoms with Crippen molar-refractivity contribution in [1.82, 2.24) is 0 Å². The Hall–Kier alpha value is -2.30. The molecule has 1 spiro atoms. The number of rotatable bonds is 1. The van der Waals surface area contributed by atoms with Crippen molar-refractivity contribution in [1.29, 1.82) is 0 Å². The number of likely N-dealkylation sites (N-methyl/N-ethyl adjacent to an activating group) is 1. The topological polar surface area (TPSA) is 20.3 Å². The first-order valence-corrected chi connectivity index (χ1v) is 7.40. The number of alkyl halides is 3. The van der Waals surface area contributed by atoms with Gasteiger partial charge in [-0.15, -0.1) is 0 Å². The molecule has 23 heavy (non-hydrogen) atoms. The number of hydrogen-bond donors (Lipinski definition) is 0. The molecule has 0 aromatic heterocycles. The highest BCUT2D eigenvalue weighted by Crippen LogP contribution is 2.66. The Morgan fingerprint density at radius 2 is 1.74 bits per heavy atom. The summed E-state index contributed by atoms with van der Waals surface area (Å²) in [5, 5.41) is 0. The van der Waals surface area contributed by atoms with Gasteiger partial charge in [-0.05, 0) is 35.7 Å². The molecule has 4 rings (SSSR count). The predicted octanol–water partition coefficient (Wildman–Crippen LogP) is 4.11. The average molecular weight is 317 g/mol. The van der Waals surface area contributed by atoms with E-state index in [1.165, 1.54) is 12.1 Å². The first-order chi connectivity index (χ1) is 10.9. The van der Waals surface area contributed by atoms with Crippen LogP contribution in [0.4, 0.5) is 18.9 Å². The summed E-state index contributed by atoms with van der Waals surface area (Å²) in [6, 6.07) is 12.8. The zero-order valence-corrected chi connectivity index (χ0v) is 12.4. The van der Waals surface area contributed by atoms with Gasteiger partial charge in [-0.3, -0.25) is 4.79 Å². The van der Waals surface area contributed by atoms with E-state index < -0.39 is 17.2 Å². The van der Waals surface area contributed by atoms with Crippen LogP contribution in [0.5, 0.6) is 0 Å². The van der Waals surface area contributed by atoms with Crippen LogP contribution in [-0.2, 0) is 16.4 Å². The molecule has 0 bridgehead atoms. The second-order valence-corrected chi connectivity index (χ2v) is 6.23. The van der Waals surface area contributed by atoms with E-state index in [-0.39, 0.29) is 11.8 Å². The first kappa shape index (κ1) is 14.3. The van der Waals surface area contributed by atoms with Gasteiger partial charge in [-0.1, -0.05) is 30.3 Å². The number of halogens is 3. The average Bonchev–Trinajstić information content (AvgIpc) is 3.25. The molecular formula is C18H14F3NO. The highest BCUT2D eigenvalue weighted by Gasteiger charge is 2.66. The largest absolute Gasteiger partial charge is 0.416 e. The van der Waals surface area contributed by atoms with E-state index >= 15 is 0 Å². The molecule has 0 N–H and O–H groups in total. The number of carbonyl (C=O) groups is 1. The maximum absolute atomic E-state index is 12.7. The SMILES string of the molecule is CN1C(=O)[C@@]2(C[C@@H]2c2ccc(C(F)(F)F)cc2)c2ccccc21. The number of hydrogen-bond acceptors (Lipinski definition) is 1. The highest BCUT2D eigenvalue weighted by molar-refractivity contribution is 6.11. The maximum atomic E-state index is 12.7. The number of anilines is 1. The molecule has 1 saturated carbocycles. The molecule has 2 aliphatic rings. The fourth-order valence-corrected chi connectivity index (χ4v) is 3.77. The van der Waals surface area contributed by atoms with Crippen LogP contribution < -0.4 is 4.90 Å². The quantitative estimate of drug-likeness (QED) is 0.775. The second kappa shape index (κ2) is 4.37. The zero-order chi connectivity index (χ0) is 16.4. The second-order valence-electron chi connectivity index (χ2n) is 6.23. The summed E-state index contributed by atoms with van der Waals surface area (Å²) in [5.41, 5.74) is 1.41. The monoisotopic (exact) mass is 317 g/mol. The molecule has 5 heteroatoms. The van der Waals surface area contributed by atoms with Gasteiger partial charge in [0, 0.05) is 18.7 Å². The molecular weight excluding hydrogens is 303 g/mol. The lowest BCUT2D eigenvalue weighted by molar-refractivity contribution is -0.137. The van der Waals surface area contributed by atoms with Crippen LogP contribution in [0.3, 0.4) is 0 Å². The van der Waals surface area contributed by atoms with E-state index in [1.54, 1.807) is 11.9 Å². The molecule has 118 valence electrons. The van der Waals surface area contributed by atoms with E-state index in [1.807, 2.05) is 24.3 Å². The van der Waals surface area contributed by atoms with Gasteiger partial charge in [0.1, 0.15) is 0 Å². The minimum absolute atomic E-state index is 0.0311. The van der Waals surface area contributed by atoms with Gasteiger partial charge < -0.3 is 4.90 Å². The Bertz CT molecular complexity index is 797. The first-order valence-electron chi connectivity index (χ1n) is 7.40. The summed E-state index contributed by atoms with van der Waals surface area (Å²) in [6.45, 7) is 0. The van der Waals surface area contributed by atoms with Crippen molar-refractivity contribution in [2.24, 2.45) is 0 Å². The third-order valence-corrected chi connectivity index (χ3v) is 5.03. The van der Waals surface area contributed by atoms with E-state index in [0.29, 0.717) is 6.42 Å². The lowest BCUT2D eigenvalue weighted by atomic mass is 9.92. The third kappa shape index (κ3) is 1.85. The maximum Gasteiger partial charge on any atom is 0.416 e. The molecule has 2 aromatic carbocycles. The van der Waals surface area contributed by atoms with Gasteiger partial charge in [0.2, 0.25) is 5.91 Å². The van der Waals surface area contributed by atoms with Crippen LogP contribution >= 0.6 is 0 Å². The lowest BCUT2D eigenvalue weighted by Gasteiger charge is -2.12. The number of fused-ring (bicyclic) bond motifs is 2. The molecule has 0 unspecified atom stereocenters. The van der Waals surface area contributed by atoms with Crippen molar-refractivity contribution in [3.63, 3.8) is 0 Å². The molecule has 1 amide bonds. The third-order valence-electron chi connectivity index (χ3n) is 5.03. The lowest BCUT2D eigenvalue weighted by Crippen LogP contribution is -2.29. The molecule has 2 nitrogen and oxygen atoms in total. The van der Waals surface area contributed by atoms with Crippen LogP contribution in [0.25, 0.3) is 0 Å². The predicted molar refractivity (Wildman–Crippen MR) is 80.3 cm³/mol. The number of para-hydroxylation sites is 1. The molecule has 1 heterocycles. The number of nitrogens with zero attached hydrogens (tertiary/aromatic N) is 1. The van der Waals surface area contributed by atoms with E-state index in [9.17, 15) is 18.0 Å². The molecule has 2 aromatic rings. The molecule has 0 saturated heterocycles. The van der Waals surface area contributed by atoms with Crippen molar-refractivity contribution in [3.8, 4) is 0 Å². The molecule has 1 aliphatic carbocycles. The van der Waals surface area contributed by atoms with Crippen LogP contribution in [-0.4, -0.2) is 13.0 Å². The highest BCUT2D eigenvalue weighted by atomic mass is 19.4. The van der Waals surface area contributed by atoms with Crippen molar-refractivity contribution in [2.45, 2.75) is 23.9 Å². The Balaban J connectivity index is 1.71. The fraction of sp³-hybridized carbons (Fsp3) is 0.278. The molecule has 0 radical (unpaired) electrons. The number of benzene rings is 2. The summed E-state index contributed by atoms with van der Waals surface area (Å²) in [5.74, 6) is -0.0213. The minimum atomic E-state index is -4.34. The Kier molecular flexibility index (Phi) is 2.72. The Morgan fingerprint density at radius 3 is 2.39 bits per heavy atom. The number of amides is 1. The van der Waals surface area contributed by atoms with Crippen LogP contribution in [0.15, 0.2) is 48.5 Å². The summed E-state index contributed by atoms with van der Waals surface area (Å²) in [6.07, 6.45) is -3.69. The van der Waals surface area contributed by atoms with Crippen molar-refractivity contribution >= 4 is 11.6 Å². The zero-order valence-electron chi connectivity index (χ0n) is 12.4. The van der Waals surface area contributed by atoms with Gasteiger partial charge in [0.05, 0.1) is 11.0 Å². The summed E-state index contributed by atoms with van der Waals surface area (Å²) in [7, 11) is 1.75. The molecule has 2 atom stereocenters. The molecule has 1 fully saturated rings. The summed E-state index contributed by atoms with van der Waals surface area (Å²) in [4.78, 5) is 14.4. The summed E-state index contributed by atoms with van der Waals surface area (Å²) < 4.78 is 38.0. The number of carbonyl (C=O) groups excluding carboxylic acids is 1. The van der Waals surface area contributed by atoms with Crippen LogP contribution in [0.1, 0.15) is 29.0 Å². The smallest absolute Gasteiger partial charge is 0.314 e. The van der Waals surface area contributed by atoms with Gasteiger partial charge in [-0.2, -0.15) is 13.2 Å². The fourth-order valence-electron chi connectivity index (χ4n) is 3.77. The summed E-state index contributed by atoms with van der Waals surface area (Å²) >= 11 is 0. The van der Waals surface area contributed by atoms with Gasteiger partial charge in [0.25, 0.3) is 0 Å².